The van der Waals surface area contributed by atoms with Crippen LogP contribution in [0.5, 0.6) is 0 Å². The third kappa shape index (κ3) is 2.55. The molecule has 1 atom stereocenters. The molecule has 0 bridgehead atoms. The molecule has 1 aliphatic heterocycles. The summed E-state index contributed by atoms with van der Waals surface area (Å²) in [6, 6.07) is 6.88. The lowest BCUT2D eigenvalue weighted by molar-refractivity contribution is -0.0521. The molecule has 0 spiro atoms. The SMILES string of the molecule is CC1(Cc2ccccc2F)CNCCO1. The van der Waals surface area contributed by atoms with Gasteiger partial charge >= 0.3 is 0 Å². The van der Waals surface area contributed by atoms with Crippen LogP contribution in [-0.2, 0) is 11.2 Å². The highest BCUT2D eigenvalue weighted by atomic mass is 19.1. The Kier molecular flexibility index (Phi) is 3.03. The summed E-state index contributed by atoms with van der Waals surface area (Å²) in [5.41, 5.74) is 0.448. The van der Waals surface area contributed by atoms with Gasteiger partial charge in [-0.3, -0.25) is 0 Å². The Morgan fingerprint density at radius 1 is 1.47 bits per heavy atom. The number of benzene rings is 1. The van der Waals surface area contributed by atoms with Crippen molar-refractivity contribution in [3.05, 3.63) is 35.6 Å². The number of nitrogens with one attached hydrogen (secondary N) is 1. The van der Waals surface area contributed by atoms with Gasteiger partial charge in [0, 0.05) is 19.5 Å². The smallest absolute Gasteiger partial charge is 0.126 e. The lowest BCUT2D eigenvalue weighted by atomic mass is 9.95. The van der Waals surface area contributed by atoms with Crippen LogP contribution in [0.4, 0.5) is 4.39 Å². The van der Waals surface area contributed by atoms with Crippen LogP contribution in [0, 0.1) is 5.82 Å². The van der Waals surface area contributed by atoms with E-state index in [2.05, 4.69) is 5.32 Å². The minimum Gasteiger partial charge on any atom is -0.372 e. The van der Waals surface area contributed by atoms with Gasteiger partial charge < -0.3 is 10.1 Å². The maximum absolute atomic E-state index is 13.4. The van der Waals surface area contributed by atoms with Crippen molar-refractivity contribution >= 4 is 0 Å². The summed E-state index contributed by atoms with van der Waals surface area (Å²) in [7, 11) is 0. The lowest BCUT2D eigenvalue weighted by Gasteiger charge is -2.34. The van der Waals surface area contributed by atoms with Gasteiger partial charge in [-0.1, -0.05) is 18.2 Å². The molecule has 0 saturated carbocycles. The number of halogens is 1. The highest BCUT2D eigenvalue weighted by molar-refractivity contribution is 5.19. The summed E-state index contributed by atoms with van der Waals surface area (Å²) in [6.45, 7) is 4.38. The Hall–Kier alpha value is -0.930. The Balaban J connectivity index is 2.10. The Morgan fingerprint density at radius 3 is 2.93 bits per heavy atom. The minimum absolute atomic E-state index is 0.145. The highest BCUT2D eigenvalue weighted by Gasteiger charge is 2.28. The number of hydrogen-bond acceptors (Lipinski definition) is 2. The van der Waals surface area contributed by atoms with E-state index in [-0.39, 0.29) is 11.4 Å². The van der Waals surface area contributed by atoms with Crippen molar-refractivity contribution in [3.63, 3.8) is 0 Å². The van der Waals surface area contributed by atoms with Crippen LogP contribution in [-0.4, -0.2) is 25.3 Å². The van der Waals surface area contributed by atoms with E-state index in [1.807, 2.05) is 19.1 Å². The molecule has 3 heteroatoms. The summed E-state index contributed by atoms with van der Waals surface area (Å²) in [5.74, 6) is -0.145. The summed E-state index contributed by atoms with van der Waals surface area (Å²) < 4.78 is 19.1. The second kappa shape index (κ2) is 4.29. The Morgan fingerprint density at radius 2 is 2.27 bits per heavy atom. The number of hydrogen-bond donors (Lipinski definition) is 1. The quantitative estimate of drug-likeness (QED) is 0.801. The number of ether oxygens (including phenoxy) is 1. The molecular weight excluding hydrogens is 193 g/mol. The summed E-state index contributed by atoms with van der Waals surface area (Å²) >= 11 is 0. The normalized spacial score (nSPS) is 26.5. The van der Waals surface area contributed by atoms with Crippen molar-refractivity contribution in [1.29, 1.82) is 0 Å². The molecule has 15 heavy (non-hydrogen) atoms. The molecule has 2 nitrogen and oxygen atoms in total. The third-order valence-electron chi connectivity index (χ3n) is 2.75. The Labute approximate surface area is 89.4 Å². The average Bonchev–Trinajstić information content (AvgIpc) is 2.22. The second-order valence-electron chi connectivity index (χ2n) is 4.24. The van der Waals surface area contributed by atoms with Gasteiger partial charge in [-0.2, -0.15) is 0 Å². The number of morpholine rings is 1. The van der Waals surface area contributed by atoms with Crippen LogP contribution in [0.3, 0.4) is 0 Å². The maximum Gasteiger partial charge on any atom is 0.126 e. The van der Waals surface area contributed by atoms with E-state index in [1.54, 1.807) is 6.07 Å². The van der Waals surface area contributed by atoms with Crippen LogP contribution in [0.25, 0.3) is 0 Å². The van der Waals surface area contributed by atoms with Gasteiger partial charge in [0.15, 0.2) is 0 Å². The van der Waals surface area contributed by atoms with Gasteiger partial charge in [0.05, 0.1) is 12.2 Å². The summed E-state index contributed by atoms with van der Waals surface area (Å²) in [4.78, 5) is 0. The molecule has 1 aromatic carbocycles. The lowest BCUT2D eigenvalue weighted by Crippen LogP contribution is -2.49. The first-order valence-electron chi connectivity index (χ1n) is 5.28. The molecule has 1 N–H and O–H groups in total. The van der Waals surface area contributed by atoms with Crippen molar-refractivity contribution < 1.29 is 9.13 Å². The largest absolute Gasteiger partial charge is 0.372 e. The van der Waals surface area contributed by atoms with Gasteiger partial charge in [0.25, 0.3) is 0 Å². The molecule has 1 saturated heterocycles. The topological polar surface area (TPSA) is 21.3 Å². The van der Waals surface area contributed by atoms with E-state index in [9.17, 15) is 4.39 Å². The van der Waals surface area contributed by atoms with Gasteiger partial charge in [-0.15, -0.1) is 0 Å². The zero-order chi connectivity index (χ0) is 10.7. The number of rotatable bonds is 2. The maximum atomic E-state index is 13.4. The summed E-state index contributed by atoms with van der Waals surface area (Å²) in [5, 5.41) is 3.27. The van der Waals surface area contributed by atoms with E-state index in [1.165, 1.54) is 6.07 Å². The van der Waals surface area contributed by atoms with Crippen molar-refractivity contribution in [2.24, 2.45) is 0 Å². The fourth-order valence-corrected chi connectivity index (χ4v) is 1.93. The molecule has 0 aromatic heterocycles. The Bertz CT molecular complexity index is 334. The van der Waals surface area contributed by atoms with Crippen LogP contribution in [0.1, 0.15) is 12.5 Å². The summed E-state index contributed by atoms with van der Waals surface area (Å²) in [6.07, 6.45) is 0.618. The van der Waals surface area contributed by atoms with E-state index in [4.69, 9.17) is 4.74 Å². The molecular formula is C12H16FNO. The molecule has 1 fully saturated rings. The molecule has 82 valence electrons. The van der Waals surface area contributed by atoms with Gasteiger partial charge in [-0.05, 0) is 18.6 Å². The molecule has 0 radical (unpaired) electrons. The van der Waals surface area contributed by atoms with Crippen LogP contribution >= 0.6 is 0 Å². The molecule has 0 aliphatic carbocycles. The predicted octanol–water partition coefficient (Wildman–Crippen LogP) is 1.75. The van der Waals surface area contributed by atoms with Crippen molar-refractivity contribution in [1.82, 2.24) is 5.32 Å². The highest BCUT2D eigenvalue weighted by Crippen LogP contribution is 2.20. The van der Waals surface area contributed by atoms with Gasteiger partial charge in [-0.25, -0.2) is 4.39 Å². The zero-order valence-electron chi connectivity index (χ0n) is 8.92. The molecule has 0 amide bonds. The zero-order valence-corrected chi connectivity index (χ0v) is 8.92. The van der Waals surface area contributed by atoms with E-state index in [0.717, 1.165) is 18.7 Å². The second-order valence-corrected chi connectivity index (χ2v) is 4.24. The fourth-order valence-electron chi connectivity index (χ4n) is 1.93. The third-order valence-corrected chi connectivity index (χ3v) is 2.75. The van der Waals surface area contributed by atoms with Crippen molar-refractivity contribution in [2.75, 3.05) is 19.7 Å². The first kappa shape index (κ1) is 10.6. The molecule has 1 unspecified atom stereocenters. The first-order valence-corrected chi connectivity index (χ1v) is 5.28. The van der Waals surface area contributed by atoms with E-state index in [0.29, 0.717) is 13.0 Å². The molecule has 1 heterocycles. The van der Waals surface area contributed by atoms with Crippen LogP contribution < -0.4 is 5.32 Å². The van der Waals surface area contributed by atoms with Gasteiger partial charge in [0.1, 0.15) is 5.82 Å². The average molecular weight is 209 g/mol. The molecule has 1 aliphatic rings. The van der Waals surface area contributed by atoms with Crippen LogP contribution in [0.15, 0.2) is 24.3 Å². The monoisotopic (exact) mass is 209 g/mol. The molecule has 1 aromatic rings. The van der Waals surface area contributed by atoms with E-state index >= 15 is 0 Å². The fraction of sp³-hybridized carbons (Fsp3) is 0.500. The standard InChI is InChI=1S/C12H16FNO/c1-12(9-14-6-7-15-12)8-10-4-2-3-5-11(10)13/h2-5,14H,6-9H2,1H3. The van der Waals surface area contributed by atoms with Crippen LogP contribution in [0.2, 0.25) is 0 Å². The minimum atomic E-state index is -0.277. The van der Waals surface area contributed by atoms with Gasteiger partial charge in [0.2, 0.25) is 0 Å². The van der Waals surface area contributed by atoms with Crippen molar-refractivity contribution in [3.8, 4) is 0 Å². The predicted molar refractivity (Wildman–Crippen MR) is 57.3 cm³/mol. The van der Waals surface area contributed by atoms with E-state index < -0.39 is 0 Å². The molecule has 2 rings (SSSR count). The first-order chi connectivity index (χ1) is 7.20. The van der Waals surface area contributed by atoms with Crippen molar-refractivity contribution in [2.45, 2.75) is 18.9 Å².